The van der Waals surface area contributed by atoms with Crippen molar-refractivity contribution in [2.24, 2.45) is 0 Å². The van der Waals surface area contributed by atoms with Gasteiger partial charge < -0.3 is 10.4 Å². The SMILES string of the molecule is Cl.Cl.Oc1c(Br)ccc(C(F)(F)F)c1[C@@H](N1CCNCC1)C(F)(F)F. The molecule has 1 aromatic rings. The average molecular weight is 480 g/mol. The smallest absolute Gasteiger partial charge is 0.416 e. The predicted octanol–water partition coefficient (Wildman–Crippen LogP) is 4.53. The Labute approximate surface area is 160 Å². The minimum atomic E-state index is -5.01. The lowest BCUT2D eigenvalue weighted by molar-refractivity contribution is -0.191. The molecule has 0 radical (unpaired) electrons. The highest BCUT2D eigenvalue weighted by Gasteiger charge is 2.50. The van der Waals surface area contributed by atoms with Crippen LogP contribution in [-0.4, -0.2) is 42.4 Å². The number of halogens is 9. The number of nitrogens with one attached hydrogen (secondary N) is 1. The summed E-state index contributed by atoms with van der Waals surface area (Å²) in [4.78, 5) is 0.896. The zero-order chi connectivity index (χ0) is 17.4. The molecule has 3 nitrogen and oxygen atoms in total. The minimum absolute atomic E-state index is 0. The van der Waals surface area contributed by atoms with Crippen molar-refractivity contribution in [3.8, 4) is 5.75 Å². The van der Waals surface area contributed by atoms with Crippen molar-refractivity contribution < 1.29 is 31.4 Å². The molecule has 0 saturated carbocycles. The van der Waals surface area contributed by atoms with E-state index in [-0.39, 0.29) is 55.5 Å². The monoisotopic (exact) mass is 478 g/mol. The quantitative estimate of drug-likeness (QED) is 0.612. The van der Waals surface area contributed by atoms with E-state index in [0.29, 0.717) is 6.07 Å². The summed E-state index contributed by atoms with van der Waals surface area (Å²) in [6.45, 7) is 0.298. The van der Waals surface area contributed by atoms with E-state index < -0.39 is 35.3 Å². The fraction of sp³-hybridized carbons (Fsp3) is 0.538. The van der Waals surface area contributed by atoms with E-state index in [4.69, 9.17) is 0 Å². The van der Waals surface area contributed by atoms with Crippen LogP contribution in [0.3, 0.4) is 0 Å². The second-order valence-electron chi connectivity index (χ2n) is 5.09. The largest absolute Gasteiger partial charge is 0.506 e. The first-order chi connectivity index (χ1) is 10.5. The topological polar surface area (TPSA) is 35.5 Å². The third kappa shape index (κ3) is 5.53. The second kappa shape index (κ2) is 8.98. The second-order valence-corrected chi connectivity index (χ2v) is 5.94. The van der Waals surface area contributed by atoms with E-state index in [1.165, 1.54) is 0 Å². The van der Waals surface area contributed by atoms with Gasteiger partial charge in [-0.15, -0.1) is 24.8 Å². The van der Waals surface area contributed by atoms with Gasteiger partial charge in [0.25, 0.3) is 0 Å². The van der Waals surface area contributed by atoms with E-state index in [0.717, 1.165) is 11.0 Å². The van der Waals surface area contributed by atoms with Crippen LogP contribution in [0.1, 0.15) is 17.2 Å². The molecule has 1 saturated heterocycles. The molecule has 25 heavy (non-hydrogen) atoms. The standard InChI is InChI=1S/C13H13BrF6N2O.2ClH/c14-8-2-1-7(12(15,16)17)9(10(8)23)11(13(18,19)20)22-5-3-21-4-6-22;;/h1-2,11,21,23H,3-6H2;2*1H/t11-;;/m1../s1. The molecule has 0 aromatic heterocycles. The number of rotatable bonds is 2. The van der Waals surface area contributed by atoms with Crippen LogP contribution in [0.2, 0.25) is 0 Å². The van der Waals surface area contributed by atoms with Crippen LogP contribution < -0.4 is 5.32 Å². The van der Waals surface area contributed by atoms with Crippen molar-refractivity contribution in [1.82, 2.24) is 10.2 Å². The molecule has 1 atom stereocenters. The number of hydrogen-bond donors (Lipinski definition) is 2. The molecule has 1 aliphatic rings. The maximum absolute atomic E-state index is 13.5. The van der Waals surface area contributed by atoms with E-state index in [9.17, 15) is 31.4 Å². The zero-order valence-electron chi connectivity index (χ0n) is 12.4. The Morgan fingerprint density at radius 2 is 1.56 bits per heavy atom. The molecular weight excluding hydrogens is 465 g/mol. The van der Waals surface area contributed by atoms with E-state index in [1.54, 1.807) is 0 Å². The summed E-state index contributed by atoms with van der Waals surface area (Å²) in [6.07, 6.45) is -9.97. The van der Waals surface area contributed by atoms with Crippen LogP contribution in [0.4, 0.5) is 26.3 Å². The van der Waals surface area contributed by atoms with Crippen molar-refractivity contribution in [3.63, 3.8) is 0 Å². The van der Waals surface area contributed by atoms with Crippen LogP contribution in [-0.2, 0) is 6.18 Å². The van der Waals surface area contributed by atoms with E-state index in [2.05, 4.69) is 21.2 Å². The molecule has 1 fully saturated rings. The summed E-state index contributed by atoms with van der Waals surface area (Å²) in [5, 5.41) is 12.8. The lowest BCUT2D eigenvalue weighted by Crippen LogP contribution is -2.49. The van der Waals surface area contributed by atoms with Crippen molar-refractivity contribution in [2.75, 3.05) is 26.2 Å². The van der Waals surface area contributed by atoms with Gasteiger partial charge in [-0.2, -0.15) is 26.3 Å². The Kier molecular flexibility index (Phi) is 8.83. The Balaban J connectivity index is 0.00000288. The fourth-order valence-electron chi connectivity index (χ4n) is 2.60. The number of aromatic hydroxyl groups is 1. The predicted molar refractivity (Wildman–Crippen MR) is 88.5 cm³/mol. The van der Waals surface area contributed by atoms with Gasteiger partial charge in [0, 0.05) is 31.7 Å². The number of alkyl halides is 6. The molecule has 0 bridgehead atoms. The molecule has 146 valence electrons. The van der Waals surface area contributed by atoms with Gasteiger partial charge in [0.05, 0.1) is 10.0 Å². The van der Waals surface area contributed by atoms with Crippen molar-refractivity contribution in [1.29, 1.82) is 0 Å². The van der Waals surface area contributed by atoms with E-state index >= 15 is 0 Å². The first kappa shape index (κ1) is 24.6. The van der Waals surface area contributed by atoms with Crippen molar-refractivity contribution in [2.45, 2.75) is 18.4 Å². The third-order valence-corrected chi connectivity index (χ3v) is 4.21. The van der Waals surface area contributed by atoms with Crippen molar-refractivity contribution >= 4 is 40.7 Å². The van der Waals surface area contributed by atoms with Gasteiger partial charge in [-0.25, -0.2) is 0 Å². The number of hydrogen-bond acceptors (Lipinski definition) is 3. The van der Waals surface area contributed by atoms with Gasteiger partial charge in [-0.05, 0) is 28.1 Å². The van der Waals surface area contributed by atoms with Crippen LogP contribution in [0, 0.1) is 0 Å². The molecular formula is C13H15BrCl2F6N2O. The fourth-order valence-corrected chi connectivity index (χ4v) is 2.94. The number of phenols is 1. The summed E-state index contributed by atoms with van der Waals surface area (Å²) in [5.74, 6) is -1.04. The molecule has 0 unspecified atom stereocenters. The maximum atomic E-state index is 13.5. The number of benzene rings is 1. The molecule has 1 aliphatic heterocycles. The maximum Gasteiger partial charge on any atom is 0.416 e. The van der Waals surface area contributed by atoms with Crippen LogP contribution in [0.5, 0.6) is 5.75 Å². The van der Waals surface area contributed by atoms with E-state index in [1.807, 2.05) is 0 Å². The summed E-state index contributed by atoms with van der Waals surface area (Å²) < 4.78 is 79.8. The van der Waals surface area contributed by atoms with Gasteiger partial charge in [-0.1, -0.05) is 0 Å². The summed E-state index contributed by atoms with van der Waals surface area (Å²) in [5.41, 5.74) is -2.65. The highest BCUT2D eigenvalue weighted by molar-refractivity contribution is 9.10. The van der Waals surface area contributed by atoms with Crippen LogP contribution in [0.25, 0.3) is 0 Å². The number of piperazine rings is 1. The first-order valence-corrected chi connectivity index (χ1v) is 7.43. The van der Waals surface area contributed by atoms with Gasteiger partial charge in [-0.3, -0.25) is 4.90 Å². The van der Waals surface area contributed by atoms with Gasteiger partial charge in [0.2, 0.25) is 0 Å². The Bertz CT molecular complexity index is 579. The minimum Gasteiger partial charge on any atom is -0.506 e. The third-order valence-electron chi connectivity index (χ3n) is 3.57. The zero-order valence-corrected chi connectivity index (χ0v) is 15.6. The normalized spacial score (nSPS) is 17.4. The van der Waals surface area contributed by atoms with Crippen molar-refractivity contribution in [3.05, 3.63) is 27.7 Å². The molecule has 0 amide bonds. The molecule has 0 spiro atoms. The molecule has 2 rings (SSSR count). The Hall–Kier alpha value is -0.420. The lowest BCUT2D eigenvalue weighted by atomic mass is 9.96. The highest BCUT2D eigenvalue weighted by Crippen LogP contribution is 2.48. The first-order valence-electron chi connectivity index (χ1n) is 6.63. The molecule has 1 aromatic carbocycles. The molecule has 12 heteroatoms. The molecule has 2 N–H and O–H groups in total. The average Bonchev–Trinajstić information content (AvgIpc) is 2.42. The number of phenolic OH excluding ortho intramolecular Hbond substituents is 1. The molecule has 0 aliphatic carbocycles. The van der Waals surface area contributed by atoms with Gasteiger partial charge in [0.1, 0.15) is 11.8 Å². The number of nitrogens with zero attached hydrogens (tertiary/aromatic N) is 1. The molecule has 1 heterocycles. The van der Waals surface area contributed by atoms with Gasteiger partial charge >= 0.3 is 12.4 Å². The van der Waals surface area contributed by atoms with Crippen LogP contribution in [0.15, 0.2) is 16.6 Å². The summed E-state index contributed by atoms with van der Waals surface area (Å²) in [7, 11) is 0. The highest BCUT2D eigenvalue weighted by atomic mass is 79.9. The van der Waals surface area contributed by atoms with Crippen LogP contribution >= 0.6 is 40.7 Å². The summed E-state index contributed by atoms with van der Waals surface area (Å²) >= 11 is 2.79. The Morgan fingerprint density at radius 3 is 2.00 bits per heavy atom. The summed E-state index contributed by atoms with van der Waals surface area (Å²) in [6, 6.07) is -1.11. The Morgan fingerprint density at radius 1 is 1.04 bits per heavy atom. The van der Waals surface area contributed by atoms with Gasteiger partial charge in [0.15, 0.2) is 0 Å². The lowest BCUT2D eigenvalue weighted by Gasteiger charge is -2.37.